The van der Waals surface area contributed by atoms with E-state index in [0.29, 0.717) is 25.9 Å². The van der Waals surface area contributed by atoms with Crippen LogP contribution in [0.15, 0.2) is 18.3 Å². The van der Waals surface area contributed by atoms with Crippen LogP contribution in [0.2, 0.25) is 0 Å². The van der Waals surface area contributed by atoms with Crippen LogP contribution in [0.3, 0.4) is 0 Å². The lowest BCUT2D eigenvalue weighted by Gasteiger charge is -2.37. The van der Waals surface area contributed by atoms with Crippen LogP contribution in [0, 0.1) is 5.41 Å². The van der Waals surface area contributed by atoms with Crippen LogP contribution in [0.25, 0.3) is 0 Å². The smallest absolute Gasteiger partial charge is 0.416 e. The Balaban J connectivity index is 2.13. The molecule has 1 aromatic heterocycles. The first-order chi connectivity index (χ1) is 9.22. The number of alkyl halides is 3. The van der Waals surface area contributed by atoms with Gasteiger partial charge in [0.1, 0.15) is 5.82 Å². The van der Waals surface area contributed by atoms with Gasteiger partial charge in [0, 0.05) is 19.3 Å². The number of carboxylic acid groups (broad SMARTS) is 1. The Morgan fingerprint density at radius 3 is 2.50 bits per heavy atom. The Hall–Kier alpha value is -1.79. The number of carbonyl (C=O) groups is 1. The van der Waals surface area contributed by atoms with Crippen molar-refractivity contribution in [3.8, 4) is 0 Å². The van der Waals surface area contributed by atoms with Crippen molar-refractivity contribution in [2.24, 2.45) is 5.41 Å². The van der Waals surface area contributed by atoms with Gasteiger partial charge >= 0.3 is 12.1 Å². The van der Waals surface area contributed by atoms with Crippen LogP contribution in [0.1, 0.15) is 25.3 Å². The van der Waals surface area contributed by atoms with Crippen molar-refractivity contribution in [1.82, 2.24) is 4.98 Å². The molecule has 0 saturated carbocycles. The molecule has 2 rings (SSSR count). The number of piperidine rings is 1. The number of nitrogens with zero attached hydrogens (tertiary/aromatic N) is 2. The molecule has 0 aromatic carbocycles. The van der Waals surface area contributed by atoms with Gasteiger partial charge in [0.25, 0.3) is 0 Å². The minimum atomic E-state index is -4.40. The Kier molecular flexibility index (Phi) is 3.62. The first-order valence-corrected chi connectivity index (χ1v) is 6.24. The second kappa shape index (κ2) is 4.96. The number of anilines is 1. The van der Waals surface area contributed by atoms with E-state index in [1.165, 1.54) is 0 Å². The van der Waals surface area contributed by atoms with E-state index in [9.17, 15) is 18.0 Å². The molecule has 1 saturated heterocycles. The molecule has 1 N–H and O–H groups in total. The van der Waals surface area contributed by atoms with E-state index in [0.717, 1.165) is 18.3 Å². The summed E-state index contributed by atoms with van der Waals surface area (Å²) in [5.41, 5.74) is -1.55. The minimum absolute atomic E-state index is 0.243. The van der Waals surface area contributed by atoms with Crippen LogP contribution in [0.4, 0.5) is 19.0 Å². The topological polar surface area (TPSA) is 53.4 Å². The number of hydrogen-bond donors (Lipinski definition) is 1. The van der Waals surface area contributed by atoms with Crippen molar-refractivity contribution in [3.63, 3.8) is 0 Å². The number of aromatic nitrogens is 1. The van der Waals surface area contributed by atoms with E-state index in [4.69, 9.17) is 5.11 Å². The fourth-order valence-electron chi connectivity index (χ4n) is 2.21. The summed E-state index contributed by atoms with van der Waals surface area (Å²) >= 11 is 0. The summed E-state index contributed by atoms with van der Waals surface area (Å²) < 4.78 is 37.9. The predicted molar refractivity (Wildman–Crippen MR) is 66.4 cm³/mol. The summed E-state index contributed by atoms with van der Waals surface area (Å²) in [6.45, 7) is 2.43. The van der Waals surface area contributed by atoms with Crippen LogP contribution >= 0.6 is 0 Å². The SMILES string of the molecule is CC1(C(=O)O)CCN(c2cc(C(F)(F)F)ccn2)CC1. The zero-order chi connectivity index (χ0) is 15.0. The highest BCUT2D eigenvalue weighted by Gasteiger charge is 2.37. The van der Waals surface area contributed by atoms with Crippen LogP contribution in [-0.4, -0.2) is 29.1 Å². The van der Waals surface area contributed by atoms with Gasteiger partial charge in [-0.3, -0.25) is 4.79 Å². The molecule has 4 nitrogen and oxygen atoms in total. The molecular weight excluding hydrogens is 273 g/mol. The average Bonchev–Trinajstić information content (AvgIpc) is 2.38. The monoisotopic (exact) mass is 288 g/mol. The van der Waals surface area contributed by atoms with E-state index in [2.05, 4.69) is 4.98 Å². The fourth-order valence-corrected chi connectivity index (χ4v) is 2.21. The molecule has 0 unspecified atom stereocenters. The average molecular weight is 288 g/mol. The van der Waals surface area contributed by atoms with Gasteiger partial charge < -0.3 is 10.0 Å². The molecule has 2 heterocycles. The van der Waals surface area contributed by atoms with E-state index >= 15 is 0 Å². The molecule has 0 atom stereocenters. The van der Waals surface area contributed by atoms with Gasteiger partial charge in [0.15, 0.2) is 0 Å². The van der Waals surface area contributed by atoms with Gasteiger partial charge in [-0.25, -0.2) is 4.98 Å². The van der Waals surface area contributed by atoms with Crippen molar-refractivity contribution in [2.75, 3.05) is 18.0 Å². The maximum absolute atomic E-state index is 12.6. The summed E-state index contributed by atoms with van der Waals surface area (Å²) in [6, 6.07) is 1.93. The fraction of sp³-hybridized carbons (Fsp3) is 0.538. The van der Waals surface area contributed by atoms with Crippen molar-refractivity contribution in [2.45, 2.75) is 25.9 Å². The maximum atomic E-state index is 12.6. The first-order valence-electron chi connectivity index (χ1n) is 6.24. The zero-order valence-corrected chi connectivity index (χ0v) is 10.9. The highest BCUT2D eigenvalue weighted by atomic mass is 19.4. The largest absolute Gasteiger partial charge is 0.481 e. The third-order valence-corrected chi connectivity index (χ3v) is 3.78. The lowest BCUT2D eigenvalue weighted by Crippen LogP contribution is -2.43. The van der Waals surface area contributed by atoms with E-state index < -0.39 is 23.1 Å². The minimum Gasteiger partial charge on any atom is -0.481 e. The molecule has 110 valence electrons. The second-order valence-electron chi connectivity index (χ2n) is 5.25. The zero-order valence-electron chi connectivity index (χ0n) is 10.9. The van der Waals surface area contributed by atoms with Crippen LogP contribution in [-0.2, 0) is 11.0 Å². The summed E-state index contributed by atoms with van der Waals surface area (Å²) in [7, 11) is 0. The van der Waals surface area contributed by atoms with Crippen molar-refractivity contribution in [3.05, 3.63) is 23.9 Å². The van der Waals surface area contributed by atoms with E-state index in [1.54, 1.807) is 11.8 Å². The molecule has 1 aliphatic heterocycles. The molecule has 1 fully saturated rings. The number of halogens is 3. The lowest BCUT2D eigenvalue weighted by atomic mass is 9.80. The Bertz CT molecular complexity index is 509. The molecule has 1 aromatic rings. The van der Waals surface area contributed by atoms with Gasteiger partial charge in [0.2, 0.25) is 0 Å². The summed E-state index contributed by atoms with van der Waals surface area (Å²) in [5.74, 6) is -0.624. The third-order valence-electron chi connectivity index (χ3n) is 3.78. The summed E-state index contributed by atoms with van der Waals surface area (Å²) in [6.07, 6.45) is -2.49. The molecular formula is C13H15F3N2O2. The number of hydrogen-bond acceptors (Lipinski definition) is 3. The van der Waals surface area contributed by atoms with Crippen LogP contribution < -0.4 is 4.90 Å². The number of aliphatic carboxylic acids is 1. The van der Waals surface area contributed by atoms with Crippen molar-refractivity contribution < 1.29 is 23.1 Å². The highest BCUT2D eigenvalue weighted by molar-refractivity contribution is 5.74. The number of carboxylic acids is 1. The predicted octanol–water partition coefficient (Wildman–Crippen LogP) is 2.79. The normalized spacial score (nSPS) is 18.9. The molecule has 1 aliphatic rings. The van der Waals surface area contributed by atoms with Crippen LogP contribution in [0.5, 0.6) is 0 Å². The highest BCUT2D eigenvalue weighted by Crippen LogP contribution is 2.35. The van der Waals surface area contributed by atoms with Gasteiger partial charge in [-0.1, -0.05) is 0 Å². The van der Waals surface area contributed by atoms with E-state index in [1.807, 2.05) is 0 Å². The molecule has 0 radical (unpaired) electrons. The lowest BCUT2D eigenvalue weighted by molar-refractivity contribution is -0.149. The quantitative estimate of drug-likeness (QED) is 0.909. The third kappa shape index (κ3) is 2.86. The Labute approximate surface area is 114 Å². The van der Waals surface area contributed by atoms with Gasteiger partial charge in [0.05, 0.1) is 11.0 Å². The first kappa shape index (κ1) is 14.6. The summed E-state index contributed by atoms with van der Waals surface area (Å²) in [5, 5.41) is 9.12. The number of pyridine rings is 1. The standard InChI is InChI=1S/C13H15F3N2O2/c1-12(11(19)20)3-6-18(7-4-12)10-8-9(2-5-17-10)13(14,15)16/h2,5,8H,3-4,6-7H2,1H3,(H,19,20). The van der Waals surface area contributed by atoms with Crippen molar-refractivity contribution >= 4 is 11.8 Å². The van der Waals surface area contributed by atoms with Gasteiger partial charge in [-0.2, -0.15) is 13.2 Å². The molecule has 7 heteroatoms. The molecule has 0 aliphatic carbocycles. The van der Waals surface area contributed by atoms with Gasteiger partial charge in [-0.05, 0) is 31.9 Å². The Morgan fingerprint density at radius 1 is 1.40 bits per heavy atom. The molecule has 20 heavy (non-hydrogen) atoms. The molecule has 0 spiro atoms. The maximum Gasteiger partial charge on any atom is 0.416 e. The van der Waals surface area contributed by atoms with Crippen molar-refractivity contribution in [1.29, 1.82) is 0 Å². The number of rotatable bonds is 2. The van der Waals surface area contributed by atoms with E-state index in [-0.39, 0.29) is 5.82 Å². The van der Waals surface area contributed by atoms with Gasteiger partial charge in [-0.15, -0.1) is 0 Å². The summed E-state index contributed by atoms with van der Waals surface area (Å²) in [4.78, 5) is 16.8. The molecule has 0 amide bonds. The molecule has 0 bridgehead atoms. The second-order valence-corrected chi connectivity index (χ2v) is 5.25. The Morgan fingerprint density at radius 2 is 2.00 bits per heavy atom.